The average Bonchev–Trinajstić information content (AvgIpc) is 2.06. The van der Waals surface area contributed by atoms with Crippen molar-refractivity contribution in [2.75, 3.05) is 6.61 Å². The zero-order chi connectivity index (χ0) is 7.68. The van der Waals surface area contributed by atoms with Crippen LogP contribution in [-0.4, -0.2) is 6.61 Å². The van der Waals surface area contributed by atoms with Crippen molar-refractivity contribution in [3.63, 3.8) is 0 Å². The number of rotatable bonds is 0. The second-order valence-electron chi connectivity index (χ2n) is 3.15. The molecule has 0 bridgehead atoms. The Morgan fingerprint density at radius 2 is 2.45 bits per heavy atom. The second-order valence-corrected chi connectivity index (χ2v) is 3.15. The van der Waals surface area contributed by atoms with Crippen molar-refractivity contribution in [3.8, 4) is 0 Å². The van der Waals surface area contributed by atoms with Gasteiger partial charge in [-0.05, 0) is 25.3 Å². The fraction of sp³-hybridized carbons (Fsp3) is 0.556. The van der Waals surface area contributed by atoms with Gasteiger partial charge in [-0.15, -0.1) is 0 Å². The zero-order valence-electron chi connectivity index (χ0n) is 6.55. The first-order valence-electron chi connectivity index (χ1n) is 4.17. The summed E-state index contributed by atoms with van der Waals surface area (Å²) in [7, 11) is 0. The fourth-order valence-electron chi connectivity index (χ4n) is 1.75. The van der Waals surface area contributed by atoms with Crippen molar-refractivity contribution in [2.24, 2.45) is 11.7 Å². The van der Waals surface area contributed by atoms with E-state index in [0.717, 1.165) is 24.5 Å². The molecule has 1 fully saturated rings. The maximum absolute atomic E-state index is 5.76. The topological polar surface area (TPSA) is 35.2 Å². The Labute approximate surface area is 66.7 Å². The summed E-state index contributed by atoms with van der Waals surface area (Å²) in [6.45, 7) is 0.848. The van der Waals surface area contributed by atoms with Crippen LogP contribution in [0, 0.1) is 5.92 Å². The van der Waals surface area contributed by atoms with Gasteiger partial charge in [0.15, 0.2) is 0 Å². The van der Waals surface area contributed by atoms with Crippen LogP contribution in [-0.2, 0) is 4.74 Å². The minimum Gasteiger partial charge on any atom is -0.495 e. The molecule has 1 unspecified atom stereocenters. The van der Waals surface area contributed by atoms with Gasteiger partial charge in [-0.25, -0.2) is 0 Å². The van der Waals surface area contributed by atoms with Crippen molar-refractivity contribution in [1.29, 1.82) is 0 Å². The SMILES string of the molecule is NC1=C2OCCCC2CC=C1. The van der Waals surface area contributed by atoms with E-state index in [-0.39, 0.29) is 0 Å². The Kier molecular flexibility index (Phi) is 1.60. The van der Waals surface area contributed by atoms with Gasteiger partial charge in [0.25, 0.3) is 0 Å². The highest BCUT2D eigenvalue weighted by molar-refractivity contribution is 5.25. The maximum Gasteiger partial charge on any atom is 0.122 e. The van der Waals surface area contributed by atoms with Gasteiger partial charge in [0.2, 0.25) is 0 Å². The van der Waals surface area contributed by atoms with Crippen LogP contribution in [0.25, 0.3) is 0 Å². The Morgan fingerprint density at radius 1 is 1.55 bits per heavy atom. The third-order valence-corrected chi connectivity index (χ3v) is 2.33. The van der Waals surface area contributed by atoms with Gasteiger partial charge in [-0.2, -0.15) is 0 Å². The molecule has 1 heterocycles. The van der Waals surface area contributed by atoms with E-state index in [1.54, 1.807) is 0 Å². The summed E-state index contributed by atoms with van der Waals surface area (Å²) < 4.78 is 5.50. The molecule has 1 atom stereocenters. The van der Waals surface area contributed by atoms with Gasteiger partial charge in [-0.3, -0.25) is 0 Å². The van der Waals surface area contributed by atoms with Gasteiger partial charge in [0.1, 0.15) is 5.76 Å². The smallest absolute Gasteiger partial charge is 0.122 e. The monoisotopic (exact) mass is 151 g/mol. The number of nitrogens with two attached hydrogens (primary N) is 1. The molecule has 2 nitrogen and oxygen atoms in total. The number of hydrogen-bond donors (Lipinski definition) is 1. The summed E-state index contributed by atoms with van der Waals surface area (Å²) in [4.78, 5) is 0. The van der Waals surface area contributed by atoms with Gasteiger partial charge in [0, 0.05) is 5.92 Å². The van der Waals surface area contributed by atoms with Crippen LogP contribution in [0.3, 0.4) is 0 Å². The Bertz CT molecular complexity index is 218. The van der Waals surface area contributed by atoms with Crippen LogP contribution >= 0.6 is 0 Å². The predicted molar refractivity (Wildman–Crippen MR) is 43.6 cm³/mol. The third-order valence-electron chi connectivity index (χ3n) is 2.33. The Hall–Kier alpha value is -0.920. The van der Waals surface area contributed by atoms with Crippen LogP contribution in [0.2, 0.25) is 0 Å². The van der Waals surface area contributed by atoms with Crippen molar-refractivity contribution in [1.82, 2.24) is 0 Å². The van der Waals surface area contributed by atoms with Crippen molar-refractivity contribution in [2.45, 2.75) is 19.3 Å². The average molecular weight is 151 g/mol. The molecule has 2 rings (SSSR count). The molecule has 0 aromatic rings. The van der Waals surface area contributed by atoms with Crippen LogP contribution in [0.4, 0.5) is 0 Å². The molecular formula is C9H13NO. The number of allylic oxidation sites excluding steroid dienone is 3. The van der Waals surface area contributed by atoms with E-state index < -0.39 is 0 Å². The lowest BCUT2D eigenvalue weighted by Crippen LogP contribution is -2.21. The molecule has 1 saturated heterocycles. The molecule has 11 heavy (non-hydrogen) atoms. The highest BCUT2D eigenvalue weighted by Crippen LogP contribution is 2.31. The Balaban J connectivity index is 2.25. The van der Waals surface area contributed by atoms with E-state index in [1.807, 2.05) is 6.08 Å². The van der Waals surface area contributed by atoms with Gasteiger partial charge in [-0.1, -0.05) is 6.08 Å². The largest absolute Gasteiger partial charge is 0.495 e. The molecule has 0 aromatic carbocycles. The predicted octanol–water partition coefficient (Wildman–Crippen LogP) is 1.54. The minimum atomic E-state index is 0.578. The molecular weight excluding hydrogens is 138 g/mol. The van der Waals surface area contributed by atoms with E-state index >= 15 is 0 Å². The number of hydrogen-bond acceptors (Lipinski definition) is 2. The summed E-state index contributed by atoms with van der Waals surface area (Å²) in [6, 6.07) is 0. The molecule has 0 spiro atoms. The molecule has 0 saturated carbocycles. The van der Waals surface area contributed by atoms with E-state index in [9.17, 15) is 0 Å². The quantitative estimate of drug-likeness (QED) is 0.570. The first-order chi connectivity index (χ1) is 5.38. The van der Waals surface area contributed by atoms with Gasteiger partial charge in [0.05, 0.1) is 12.3 Å². The summed E-state index contributed by atoms with van der Waals surface area (Å²) >= 11 is 0. The molecule has 0 aromatic heterocycles. The summed E-state index contributed by atoms with van der Waals surface area (Å²) in [5.74, 6) is 1.62. The van der Waals surface area contributed by atoms with Gasteiger partial charge >= 0.3 is 0 Å². The first-order valence-corrected chi connectivity index (χ1v) is 4.17. The van der Waals surface area contributed by atoms with E-state index in [0.29, 0.717) is 5.92 Å². The first kappa shape index (κ1) is 6.77. The standard InChI is InChI=1S/C9H13NO/c10-8-5-1-3-7-4-2-6-11-9(7)8/h1,5,7H,2-4,6,10H2. The van der Waals surface area contributed by atoms with Crippen LogP contribution in [0.5, 0.6) is 0 Å². The van der Waals surface area contributed by atoms with Crippen molar-refractivity contribution < 1.29 is 4.74 Å². The van der Waals surface area contributed by atoms with Crippen molar-refractivity contribution >= 4 is 0 Å². The van der Waals surface area contributed by atoms with E-state index in [2.05, 4.69) is 6.08 Å². The lowest BCUT2D eigenvalue weighted by atomic mass is 9.91. The lowest BCUT2D eigenvalue weighted by Gasteiger charge is -2.28. The molecule has 60 valence electrons. The molecule has 2 heteroatoms. The highest BCUT2D eigenvalue weighted by Gasteiger charge is 2.23. The normalized spacial score (nSPS) is 29.6. The maximum atomic E-state index is 5.76. The number of ether oxygens (including phenoxy) is 1. The molecule has 0 radical (unpaired) electrons. The minimum absolute atomic E-state index is 0.578. The molecule has 1 aliphatic carbocycles. The summed E-state index contributed by atoms with van der Waals surface area (Å²) in [5, 5.41) is 0. The van der Waals surface area contributed by atoms with E-state index in [4.69, 9.17) is 10.5 Å². The van der Waals surface area contributed by atoms with Crippen molar-refractivity contribution in [3.05, 3.63) is 23.6 Å². The Morgan fingerprint density at radius 3 is 3.27 bits per heavy atom. The van der Waals surface area contributed by atoms with Gasteiger partial charge < -0.3 is 10.5 Å². The summed E-state index contributed by atoms with van der Waals surface area (Å²) in [6.07, 6.45) is 7.61. The van der Waals surface area contributed by atoms with Crippen LogP contribution in [0.1, 0.15) is 19.3 Å². The third kappa shape index (κ3) is 1.13. The lowest BCUT2D eigenvalue weighted by molar-refractivity contribution is 0.124. The molecule has 0 amide bonds. The van der Waals surface area contributed by atoms with E-state index in [1.165, 1.54) is 12.8 Å². The number of fused-ring (bicyclic) bond motifs is 1. The van der Waals surface area contributed by atoms with Crippen LogP contribution < -0.4 is 5.73 Å². The highest BCUT2D eigenvalue weighted by atomic mass is 16.5. The summed E-state index contributed by atoms with van der Waals surface area (Å²) in [5.41, 5.74) is 6.59. The van der Waals surface area contributed by atoms with Crippen LogP contribution in [0.15, 0.2) is 23.6 Å². The zero-order valence-corrected chi connectivity index (χ0v) is 6.55. The fourth-order valence-corrected chi connectivity index (χ4v) is 1.75. The molecule has 2 aliphatic rings. The molecule has 2 N–H and O–H groups in total. The molecule has 1 aliphatic heterocycles. The second kappa shape index (κ2) is 2.61.